The Labute approximate surface area is 194 Å². The van der Waals surface area contributed by atoms with Crippen LogP contribution in [0, 0.1) is 0 Å². The summed E-state index contributed by atoms with van der Waals surface area (Å²) in [5, 5.41) is 9.98. The van der Waals surface area contributed by atoms with Crippen LogP contribution in [0.5, 0.6) is 0 Å². The van der Waals surface area contributed by atoms with Crippen LogP contribution in [0.3, 0.4) is 0 Å². The van der Waals surface area contributed by atoms with Crippen molar-refractivity contribution in [3.63, 3.8) is 0 Å². The van der Waals surface area contributed by atoms with Crippen LogP contribution in [-0.2, 0) is 17.0 Å². The molecule has 0 N–H and O–H groups in total. The zero-order chi connectivity index (χ0) is 21.2. The van der Waals surface area contributed by atoms with Crippen molar-refractivity contribution in [2.75, 3.05) is 13.1 Å². The molecular weight excluding hydrogens is 455 g/mol. The molecule has 0 atom stereocenters. The van der Waals surface area contributed by atoms with Gasteiger partial charge in [-0.15, -0.1) is 12.1 Å². The minimum absolute atomic E-state index is 0.556. The topological polar surface area (TPSA) is 28.2 Å². The van der Waals surface area contributed by atoms with E-state index < -0.39 is 33.2 Å². The van der Waals surface area contributed by atoms with Crippen molar-refractivity contribution in [2.45, 2.75) is 120 Å². The van der Waals surface area contributed by atoms with Gasteiger partial charge >= 0.3 is 35.6 Å². The average molecular weight is 500 g/mol. The van der Waals surface area contributed by atoms with E-state index in [1.165, 1.54) is 57.8 Å². The zero-order valence-electron chi connectivity index (χ0n) is 19.2. The fourth-order valence-electron chi connectivity index (χ4n) is 4.87. The number of hydrogen-bond acceptors (Lipinski definition) is 0. The first-order valence-corrected chi connectivity index (χ1v) is 22.8. The third-order valence-electron chi connectivity index (χ3n) is 6.93. The van der Waals surface area contributed by atoms with Crippen molar-refractivity contribution in [1.82, 2.24) is 0 Å². The second kappa shape index (κ2) is 13.9. The van der Waals surface area contributed by atoms with Gasteiger partial charge in [-0.2, -0.15) is 13.1 Å². The molecule has 0 saturated heterocycles. The van der Waals surface area contributed by atoms with E-state index in [-0.39, 0.29) is 0 Å². The third-order valence-corrected chi connectivity index (χ3v) is 13.0. The van der Waals surface area contributed by atoms with E-state index in [0.29, 0.717) is 12.1 Å². The molecule has 0 aliphatic heterocycles. The van der Waals surface area contributed by atoms with E-state index in [2.05, 4.69) is 39.3 Å². The average Bonchev–Trinajstić information content (AvgIpc) is 2.61. The summed E-state index contributed by atoms with van der Waals surface area (Å²) in [6.07, 6.45) is 12.4. The molecule has 2 aliphatic carbocycles. The second-order valence-corrected chi connectivity index (χ2v) is 24.7. The van der Waals surface area contributed by atoms with Crippen molar-refractivity contribution in [2.24, 2.45) is 0 Å². The molecular formula is C21H44Cl2N2Si2Ti-2. The molecule has 0 bridgehead atoms. The Bertz CT molecular complexity index is 364. The summed E-state index contributed by atoms with van der Waals surface area (Å²) in [5.74, 6) is 0. The molecule has 28 heavy (non-hydrogen) atoms. The SMILES string of the molecule is C[Si](C)(C)C1CCC([N-]CCC[N-]C2CCC([Si](C)(C)C)CC2)CC1.[Cl][Ti][Cl]. The number of rotatable bonds is 8. The molecule has 0 radical (unpaired) electrons. The Balaban J connectivity index is 0.00000122. The standard InChI is InChI=1S/C21H44N2Si2.2ClH.Ti/c1-24(2,3)20-12-8-18(9-13-20)22-16-7-17-23-19-10-14-21(15-11-19)25(4,5)6;;;/h18-21H,7-17H2,1-6H3;2*1H;/q-2;;;+2/p-2. The summed E-state index contributed by atoms with van der Waals surface area (Å²) in [6, 6.07) is 1.33. The van der Waals surface area contributed by atoms with Gasteiger partial charge < -0.3 is 10.6 Å². The summed E-state index contributed by atoms with van der Waals surface area (Å²) < 4.78 is 0. The van der Waals surface area contributed by atoms with Crippen molar-refractivity contribution < 1.29 is 17.0 Å². The Kier molecular flexibility index (Phi) is 13.8. The van der Waals surface area contributed by atoms with Crippen molar-refractivity contribution >= 4 is 34.8 Å². The summed E-state index contributed by atoms with van der Waals surface area (Å²) >= 11 is -0.556. The molecule has 166 valence electrons. The molecule has 7 heteroatoms. The van der Waals surface area contributed by atoms with Crippen LogP contribution in [0.25, 0.3) is 10.6 Å². The van der Waals surface area contributed by atoms with Crippen LogP contribution >= 0.6 is 18.6 Å². The van der Waals surface area contributed by atoms with Gasteiger partial charge in [0.05, 0.1) is 0 Å². The molecule has 2 nitrogen and oxygen atoms in total. The first-order valence-electron chi connectivity index (χ1n) is 11.4. The van der Waals surface area contributed by atoms with E-state index in [4.69, 9.17) is 29.2 Å². The summed E-state index contributed by atoms with van der Waals surface area (Å²) in [4.78, 5) is 0. The quantitative estimate of drug-likeness (QED) is 0.236. The van der Waals surface area contributed by atoms with E-state index in [1.807, 2.05) is 0 Å². The van der Waals surface area contributed by atoms with Gasteiger partial charge in [0, 0.05) is 16.1 Å². The van der Waals surface area contributed by atoms with E-state index in [1.54, 1.807) is 0 Å². The Morgan fingerprint density at radius 1 is 0.643 bits per heavy atom. The molecule has 0 heterocycles. The maximum absolute atomic E-state index is 4.99. The summed E-state index contributed by atoms with van der Waals surface area (Å²) in [5.41, 5.74) is 2.08. The normalized spacial score (nSPS) is 29.0. The van der Waals surface area contributed by atoms with Crippen molar-refractivity contribution in [1.29, 1.82) is 0 Å². The van der Waals surface area contributed by atoms with Gasteiger partial charge in [-0.25, -0.2) is 0 Å². The third kappa shape index (κ3) is 11.3. The molecule has 0 unspecified atom stereocenters. The fraction of sp³-hybridized carbons (Fsp3) is 1.00. The molecule has 0 amide bonds. The number of hydrogen-bond donors (Lipinski definition) is 0. The predicted molar refractivity (Wildman–Crippen MR) is 131 cm³/mol. The predicted octanol–water partition coefficient (Wildman–Crippen LogP) is 8.80. The van der Waals surface area contributed by atoms with Crippen molar-refractivity contribution in [3.05, 3.63) is 10.6 Å². The van der Waals surface area contributed by atoms with Crippen LogP contribution in [0.1, 0.15) is 57.8 Å². The Morgan fingerprint density at radius 2 is 0.929 bits per heavy atom. The Hall–Kier alpha value is 1.65. The van der Waals surface area contributed by atoms with Gasteiger partial charge in [0.2, 0.25) is 0 Å². The molecule has 0 aromatic rings. The first-order chi connectivity index (χ1) is 13.1. The second-order valence-electron chi connectivity index (χ2n) is 11.0. The van der Waals surface area contributed by atoms with Gasteiger partial charge in [-0.3, -0.25) is 0 Å². The number of nitrogens with zero attached hydrogens (tertiary/aromatic N) is 2. The van der Waals surface area contributed by atoms with E-state index in [9.17, 15) is 0 Å². The van der Waals surface area contributed by atoms with E-state index in [0.717, 1.165) is 24.2 Å². The molecule has 2 aliphatic rings. The van der Waals surface area contributed by atoms with E-state index >= 15 is 0 Å². The molecule has 0 aromatic carbocycles. The molecule has 2 rings (SSSR count). The van der Waals surface area contributed by atoms with Crippen molar-refractivity contribution in [3.8, 4) is 0 Å². The van der Waals surface area contributed by atoms with Crippen LogP contribution in [0.4, 0.5) is 0 Å². The van der Waals surface area contributed by atoms with Crippen LogP contribution < -0.4 is 0 Å². The summed E-state index contributed by atoms with van der Waals surface area (Å²) in [7, 11) is 7.94. The molecule has 0 spiro atoms. The first kappa shape index (κ1) is 27.7. The monoisotopic (exact) mass is 498 g/mol. The minimum atomic E-state index is -0.920. The van der Waals surface area contributed by atoms with Crippen LogP contribution in [0.2, 0.25) is 50.4 Å². The Morgan fingerprint density at radius 3 is 1.18 bits per heavy atom. The number of halogens is 2. The van der Waals surface area contributed by atoms with Gasteiger partial charge in [0.1, 0.15) is 0 Å². The fourth-order valence-corrected chi connectivity index (χ4v) is 9.00. The zero-order valence-corrected chi connectivity index (χ0v) is 24.3. The van der Waals surface area contributed by atoms with Gasteiger partial charge in [0.15, 0.2) is 0 Å². The molecule has 0 aromatic heterocycles. The van der Waals surface area contributed by atoms with Crippen LogP contribution in [0.15, 0.2) is 0 Å². The summed E-state index contributed by atoms with van der Waals surface area (Å²) in [6.45, 7) is 17.3. The molecule has 2 saturated carbocycles. The van der Waals surface area contributed by atoms with Gasteiger partial charge in [0.25, 0.3) is 0 Å². The molecule has 2 fully saturated rings. The van der Waals surface area contributed by atoms with Crippen LogP contribution in [-0.4, -0.2) is 41.3 Å². The maximum atomic E-state index is 4.99. The van der Waals surface area contributed by atoms with Gasteiger partial charge in [-0.1, -0.05) is 97.1 Å². The van der Waals surface area contributed by atoms with Gasteiger partial charge in [-0.05, 0) is 11.1 Å².